The SMILES string of the molecule is O=S(=O)([O-])C(F)(F)F.[Rh].c1ccc(P(CCP(c2ccccc2)c2ccccc2)c2ccccc2)cc1.c1ccc(P(CCP(c2ccccc2)c2ccccc2)c2ccccc2)cc1. The topological polar surface area (TPSA) is 57.2 Å². The molecule has 65 heavy (non-hydrogen) atoms. The Morgan fingerprint density at radius 1 is 0.308 bits per heavy atom. The summed E-state index contributed by atoms with van der Waals surface area (Å²) in [6, 6.07) is 88.4. The number of hydrogen-bond acceptors (Lipinski definition) is 3. The Hall–Kier alpha value is -4.20. The monoisotopic (exact) mass is 1050 g/mol. The first-order valence-corrected chi connectivity index (χ1v) is 28.1. The van der Waals surface area contributed by atoms with Crippen LogP contribution in [-0.2, 0) is 29.6 Å². The minimum atomic E-state index is -6.09. The van der Waals surface area contributed by atoms with Gasteiger partial charge in [0, 0.05) is 19.5 Å². The van der Waals surface area contributed by atoms with Gasteiger partial charge in [-0.25, -0.2) is 8.42 Å². The smallest absolute Gasteiger partial charge is 0.485 e. The summed E-state index contributed by atoms with van der Waals surface area (Å²) in [4.78, 5) is 0. The zero-order chi connectivity index (χ0) is 45.0. The van der Waals surface area contributed by atoms with Crippen molar-refractivity contribution >= 4 is 84.2 Å². The summed E-state index contributed by atoms with van der Waals surface area (Å²) in [6.45, 7) is 0. The Balaban J connectivity index is 0.000000207. The molecule has 0 atom stereocenters. The first-order valence-electron chi connectivity index (χ1n) is 20.6. The average molecular weight is 1050 g/mol. The predicted octanol–water partition coefficient (Wildman–Crippen LogP) is 10.6. The minimum absolute atomic E-state index is 0. The third-order valence-corrected chi connectivity index (χ3v) is 21.2. The zero-order valence-corrected chi connectivity index (χ0v) is 41.3. The Labute approximate surface area is 400 Å². The van der Waals surface area contributed by atoms with E-state index in [1.807, 2.05) is 0 Å². The number of rotatable bonds is 14. The van der Waals surface area contributed by atoms with Gasteiger partial charge in [0.15, 0.2) is 10.1 Å². The molecular formula is C53H48F3O3P4RhS-. The predicted molar refractivity (Wildman–Crippen MR) is 272 cm³/mol. The van der Waals surface area contributed by atoms with Crippen LogP contribution in [0, 0.1) is 0 Å². The van der Waals surface area contributed by atoms with Gasteiger partial charge in [-0.3, -0.25) is 0 Å². The minimum Gasteiger partial charge on any atom is -0.741 e. The van der Waals surface area contributed by atoms with Crippen LogP contribution in [0.2, 0.25) is 0 Å². The third kappa shape index (κ3) is 16.3. The van der Waals surface area contributed by atoms with Gasteiger partial charge in [0.1, 0.15) is 0 Å². The number of alkyl halides is 3. The summed E-state index contributed by atoms with van der Waals surface area (Å²) >= 11 is 0. The van der Waals surface area contributed by atoms with E-state index in [0.29, 0.717) is 0 Å². The van der Waals surface area contributed by atoms with Gasteiger partial charge in [-0.15, -0.1) is 0 Å². The molecule has 0 bridgehead atoms. The van der Waals surface area contributed by atoms with Gasteiger partial charge in [-0.05, 0) is 98.8 Å². The largest absolute Gasteiger partial charge is 0.741 e. The van der Waals surface area contributed by atoms with E-state index in [0.717, 1.165) is 0 Å². The molecule has 0 heterocycles. The first-order chi connectivity index (χ1) is 31.1. The second kappa shape index (κ2) is 26.8. The van der Waals surface area contributed by atoms with Crippen molar-refractivity contribution in [1.29, 1.82) is 0 Å². The second-order valence-electron chi connectivity index (χ2n) is 14.2. The number of hydrogen-bond donors (Lipinski definition) is 0. The molecule has 0 aliphatic heterocycles. The molecule has 335 valence electrons. The van der Waals surface area contributed by atoms with Crippen molar-refractivity contribution in [3.8, 4) is 0 Å². The van der Waals surface area contributed by atoms with Crippen LogP contribution in [0.3, 0.4) is 0 Å². The van der Waals surface area contributed by atoms with E-state index in [1.54, 1.807) is 0 Å². The molecule has 0 N–H and O–H groups in total. The summed E-state index contributed by atoms with van der Waals surface area (Å²) in [5.74, 6) is 0. The molecule has 0 unspecified atom stereocenters. The van der Waals surface area contributed by atoms with Crippen molar-refractivity contribution in [1.82, 2.24) is 0 Å². The Bertz CT molecular complexity index is 2140. The third-order valence-electron chi connectivity index (χ3n) is 9.92. The van der Waals surface area contributed by atoms with Crippen LogP contribution in [0.5, 0.6) is 0 Å². The van der Waals surface area contributed by atoms with Crippen molar-refractivity contribution in [2.45, 2.75) is 5.51 Å². The van der Waals surface area contributed by atoms with Gasteiger partial charge < -0.3 is 4.55 Å². The second-order valence-corrected chi connectivity index (χ2v) is 24.9. The molecule has 0 fully saturated rings. The van der Waals surface area contributed by atoms with Gasteiger partial charge in [0.25, 0.3) is 0 Å². The number of benzene rings is 8. The van der Waals surface area contributed by atoms with Crippen molar-refractivity contribution in [2.24, 2.45) is 0 Å². The molecular weight excluding hydrogens is 1000 g/mol. The molecule has 0 saturated heterocycles. The molecule has 0 spiro atoms. The van der Waals surface area contributed by atoms with E-state index in [4.69, 9.17) is 13.0 Å². The maximum Gasteiger partial charge on any atom is 0.485 e. The summed E-state index contributed by atoms with van der Waals surface area (Å²) in [5.41, 5.74) is -5.65. The summed E-state index contributed by atoms with van der Waals surface area (Å²) in [7, 11) is -7.48. The zero-order valence-electron chi connectivity index (χ0n) is 35.3. The molecule has 0 aliphatic rings. The molecule has 8 rings (SSSR count). The standard InChI is InChI=1S/2C26H24P2.CHF3O3S.Rh/c2*1-5-13-23(14-6-1)27(24-15-7-2-8-16-24)21-22-28(25-17-9-3-10-18-25)26-19-11-4-12-20-26;2-1(3,4)8(5,6)7;/h2*1-20H,21-22H2;(H,5,6,7);/p-1. The molecule has 3 nitrogen and oxygen atoms in total. The fourth-order valence-electron chi connectivity index (χ4n) is 6.89. The molecule has 0 aromatic heterocycles. The summed E-state index contributed by atoms with van der Waals surface area (Å²) in [5, 5.41) is 11.8. The van der Waals surface area contributed by atoms with Crippen molar-refractivity contribution in [2.75, 3.05) is 24.6 Å². The van der Waals surface area contributed by atoms with Crippen LogP contribution in [-0.4, -0.2) is 43.1 Å². The molecule has 8 aromatic rings. The Kier molecular flexibility index (Phi) is 21.4. The maximum absolute atomic E-state index is 10.7. The molecule has 0 aliphatic carbocycles. The van der Waals surface area contributed by atoms with E-state index in [9.17, 15) is 13.2 Å². The fraction of sp³-hybridized carbons (Fsp3) is 0.0943. The van der Waals surface area contributed by atoms with Crippen LogP contribution in [0.25, 0.3) is 0 Å². The van der Waals surface area contributed by atoms with Crippen molar-refractivity contribution < 1.29 is 45.6 Å². The van der Waals surface area contributed by atoms with Gasteiger partial charge in [0.05, 0.1) is 0 Å². The molecule has 0 amide bonds. The van der Waals surface area contributed by atoms with E-state index in [-0.39, 0.29) is 51.2 Å². The van der Waals surface area contributed by atoms with E-state index >= 15 is 0 Å². The van der Waals surface area contributed by atoms with Crippen LogP contribution in [0.15, 0.2) is 243 Å². The van der Waals surface area contributed by atoms with Crippen molar-refractivity contribution in [3.63, 3.8) is 0 Å². The van der Waals surface area contributed by atoms with E-state index in [1.165, 1.54) is 67.1 Å². The van der Waals surface area contributed by atoms with Crippen LogP contribution in [0.1, 0.15) is 0 Å². The maximum atomic E-state index is 10.7. The van der Waals surface area contributed by atoms with Gasteiger partial charge in [-0.2, -0.15) is 13.2 Å². The van der Waals surface area contributed by atoms with Gasteiger partial charge in [-0.1, -0.05) is 243 Å². The van der Waals surface area contributed by atoms with E-state index < -0.39 is 15.6 Å². The van der Waals surface area contributed by atoms with Crippen LogP contribution in [0.4, 0.5) is 13.2 Å². The first kappa shape index (κ1) is 51.8. The van der Waals surface area contributed by atoms with Crippen LogP contribution < -0.4 is 42.4 Å². The molecule has 0 saturated carbocycles. The molecule has 8 aromatic carbocycles. The molecule has 12 heteroatoms. The Morgan fingerprint density at radius 3 is 0.508 bits per heavy atom. The molecule has 1 radical (unpaired) electrons. The fourth-order valence-corrected chi connectivity index (χ4v) is 17.6. The number of halogens is 3. The summed E-state index contributed by atoms with van der Waals surface area (Å²) in [6.07, 6.45) is 4.83. The van der Waals surface area contributed by atoms with Gasteiger partial charge in [0.2, 0.25) is 0 Å². The average Bonchev–Trinajstić information content (AvgIpc) is 3.34. The quantitative estimate of drug-likeness (QED) is 0.0472. The normalized spacial score (nSPS) is 11.3. The summed E-state index contributed by atoms with van der Waals surface area (Å²) < 4.78 is 58.9. The van der Waals surface area contributed by atoms with Crippen LogP contribution >= 0.6 is 31.7 Å². The van der Waals surface area contributed by atoms with Gasteiger partial charge >= 0.3 is 5.51 Å². The van der Waals surface area contributed by atoms with Crippen molar-refractivity contribution in [3.05, 3.63) is 243 Å². The van der Waals surface area contributed by atoms with E-state index in [2.05, 4.69) is 243 Å². The Morgan fingerprint density at radius 2 is 0.415 bits per heavy atom.